The number of anilines is 1. The number of benzene rings is 2. The first kappa shape index (κ1) is 17.5. The molecule has 0 fully saturated rings. The molecule has 2 aromatic carbocycles. The van der Waals surface area contributed by atoms with Crippen molar-refractivity contribution in [3.8, 4) is 0 Å². The summed E-state index contributed by atoms with van der Waals surface area (Å²) in [6.07, 6.45) is 3.83. The number of allylic oxidation sites excluding steroid dienone is 1. The van der Waals surface area contributed by atoms with E-state index < -0.39 is 0 Å². The van der Waals surface area contributed by atoms with Crippen LogP contribution in [0.1, 0.15) is 25.0 Å². The fourth-order valence-corrected chi connectivity index (χ4v) is 2.02. The van der Waals surface area contributed by atoms with Gasteiger partial charge in [0.15, 0.2) is 0 Å². The molecule has 1 atom stereocenters. The standard InChI is InChI=1S/C20H23N3O/c1-15-9-13-19(14-10-15)21-17(3)20(24)23-22-16(2)11-12-18-7-5-4-6-8-18/h4-14,17,21H,1-3H3,(H,23,24)/b12-11+,22-16+/t17-/m1/s1. The maximum atomic E-state index is 12.1. The minimum atomic E-state index is -0.373. The lowest BCUT2D eigenvalue weighted by Crippen LogP contribution is -2.35. The Morgan fingerprint density at radius 2 is 1.75 bits per heavy atom. The molecule has 0 saturated carbocycles. The van der Waals surface area contributed by atoms with Gasteiger partial charge < -0.3 is 5.32 Å². The van der Waals surface area contributed by atoms with Gasteiger partial charge in [0.25, 0.3) is 5.91 Å². The zero-order chi connectivity index (χ0) is 17.4. The van der Waals surface area contributed by atoms with Crippen LogP contribution in [0.5, 0.6) is 0 Å². The summed E-state index contributed by atoms with van der Waals surface area (Å²) in [6, 6.07) is 17.5. The number of hydrogen-bond donors (Lipinski definition) is 2. The molecule has 0 saturated heterocycles. The van der Waals surface area contributed by atoms with Crippen LogP contribution in [0.15, 0.2) is 65.8 Å². The molecule has 4 nitrogen and oxygen atoms in total. The second kappa shape index (κ2) is 8.67. The molecule has 2 N–H and O–H groups in total. The van der Waals surface area contributed by atoms with Gasteiger partial charge in [0.05, 0.1) is 5.71 Å². The molecule has 0 aliphatic carbocycles. The molecule has 4 heteroatoms. The topological polar surface area (TPSA) is 53.5 Å². The number of amides is 1. The second-order valence-corrected chi connectivity index (χ2v) is 5.71. The minimum absolute atomic E-state index is 0.178. The third kappa shape index (κ3) is 5.72. The van der Waals surface area contributed by atoms with Crippen LogP contribution in [0.3, 0.4) is 0 Å². The molecule has 124 valence electrons. The van der Waals surface area contributed by atoms with E-state index in [4.69, 9.17) is 0 Å². The van der Waals surface area contributed by atoms with Gasteiger partial charge in [0.1, 0.15) is 6.04 Å². The SMILES string of the molecule is CC(/C=C/c1ccccc1)=N\NC(=O)[C@@H](C)Nc1ccc(C)cc1. The highest BCUT2D eigenvalue weighted by Crippen LogP contribution is 2.10. The van der Waals surface area contributed by atoms with Gasteiger partial charge in [-0.05, 0) is 44.5 Å². The van der Waals surface area contributed by atoms with Gasteiger partial charge in [-0.2, -0.15) is 5.10 Å². The predicted molar refractivity (Wildman–Crippen MR) is 101 cm³/mol. The lowest BCUT2D eigenvalue weighted by molar-refractivity contribution is -0.121. The highest BCUT2D eigenvalue weighted by molar-refractivity contribution is 5.97. The van der Waals surface area contributed by atoms with Gasteiger partial charge in [0.2, 0.25) is 0 Å². The third-order valence-corrected chi connectivity index (χ3v) is 3.49. The van der Waals surface area contributed by atoms with Crippen LogP contribution in [-0.2, 0) is 4.79 Å². The summed E-state index contributed by atoms with van der Waals surface area (Å²) in [6.45, 7) is 5.68. The van der Waals surface area contributed by atoms with Crippen molar-refractivity contribution in [1.82, 2.24) is 5.43 Å². The number of nitrogens with zero attached hydrogens (tertiary/aromatic N) is 1. The summed E-state index contributed by atoms with van der Waals surface area (Å²) in [7, 11) is 0. The van der Waals surface area contributed by atoms with E-state index in [-0.39, 0.29) is 11.9 Å². The molecule has 1 amide bonds. The van der Waals surface area contributed by atoms with E-state index in [0.29, 0.717) is 0 Å². The van der Waals surface area contributed by atoms with Crippen molar-refractivity contribution < 1.29 is 4.79 Å². The van der Waals surface area contributed by atoms with Crippen LogP contribution in [0.2, 0.25) is 0 Å². The summed E-state index contributed by atoms with van der Waals surface area (Å²) >= 11 is 0. The number of rotatable bonds is 6. The monoisotopic (exact) mass is 321 g/mol. The van der Waals surface area contributed by atoms with Crippen LogP contribution < -0.4 is 10.7 Å². The molecule has 0 heterocycles. The van der Waals surface area contributed by atoms with E-state index in [1.54, 1.807) is 6.92 Å². The Balaban J connectivity index is 1.86. The largest absolute Gasteiger partial charge is 0.374 e. The number of carbonyl (C=O) groups is 1. The molecule has 0 aliphatic heterocycles. The number of carbonyl (C=O) groups excluding carboxylic acids is 1. The van der Waals surface area contributed by atoms with E-state index in [0.717, 1.165) is 17.0 Å². The average Bonchev–Trinajstić information content (AvgIpc) is 2.60. The smallest absolute Gasteiger partial charge is 0.262 e. The van der Waals surface area contributed by atoms with E-state index in [1.165, 1.54) is 5.56 Å². The Kier molecular flexibility index (Phi) is 6.32. The zero-order valence-electron chi connectivity index (χ0n) is 14.3. The van der Waals surface area contributed by atoms with E-state index in [1.807, 2.05) is 80.6 Å². The van der Waals surface area contributed by atoms with Crippen LogP contribution in [-0.4, -0.2) is 17.7 Å². The molecule has 0 spiro atoms. The Labute approximate surface area is 143 Å². The molecule has 2 aromatic rings. The molecule has 0 bridgehead atoms. The number of aryl methyl sites for hydroxylation is 1. The summed E-state index contributed by atoms with van der Waals surface area (Å²) in [4.78, 5) is 12.1. The fraction of sp³-hybridized carbons (Fsp3) is 0.200. The van der Waals surface area contributed by atoms with Gasteiger partial charge in [-0.25, -0.2) is 5.43 Å². The van der Waals surface area contributed by atoms with Crippen molar-refractivity contribution in [2.45, 2.75) is 26.8 Å². The first-order chi connectivity index (χ1) is 11.5. The van der Waals surface area contributed by atoms with Crippen LogP contribution in [0.4, 0.5) is 5.69 Å². The molecular formula is C20H23N3O. The van der Waals surface area contributed by atoms with Crippen molar-refractivity contribution in [3.63, 3.8) is 0 Å². The maximum Gasteiger partial charge on any atom is 0.262 e. The van der Waals surface area contributed by atoms with Crippen molar-refractivity contribution >= 4 is 23.4 Å². The van der Waals surface area contributed by atoms with Gasteiger partial charge in [0, 0.05) is 5.69 Å². The lowest BCUT2D eigenvalue weighted by atomic mass is 10.2. The number of nitrogens with one attached hydrogen (secondary N) is 2. The fourth-order valence-electron chi connectivity index (χ4n) is 2.02. The van der Waals surface area contributed by atoms with Gasteiger partial charge in [-0.3, -0.25) is 4.79 Å². The molecule has 2 rings (SSSR count). The minimum Gasteiger partial charge on any atom is -0.374 e. The second-order valence-electron chi connectivity index (χ2n) is 5.71. The first-order valence-corrected chi connectivity index (χ1v) is 7.95. The number of hydrazone groups is 1. The molecule has 24 heavy (non-hydrogen) atoms. The third-order valence-electron chi connectivity index (χ3n) is 3.49. The lowest BCUT2D eigenvalue weighted by Gasteiger charge is -2.13. The summed E-state index contributed by atoms with van der Waals surface area (Å²) in [5.74, 6) is -0.178. The Bertz CT molecular complexity index is 718. The van der Waals surface area contributed by atoms with Crippen molar-refractivity contribution in [1.29, 1.82) is 0 Å². The van der Waals surface area contributed by atoms with E-state index in [2.05, 4.69) is 15.8 Å². The quantitative estimate of drug-likeness (QED) is 0.624. The normalized spacial score (nSPS) is 12.9. The molecule has 0 aliphatic rings. The zero-order valence-corrected chi connectivity index (χ0v) is 14.3. The van der Waals surface area contributed by atoms with Gasteiger partial charge in [-0.15, -0.1) is 0 Å². The van der Waals surface area contributed by atoms with Crippen molar-refractivity contribution in [2.24, 2.45) is 5.10 Å². The molecular weight excluding hydrogens is 298 g/mol. The highest BCUT2D eigenvalue weighted by atomic mass is 16.2. The Morgan fingerprint density at radius 3 is 2.42 bits per heavy atom. The van der Waals surface area contributed by atoms with Gasteiger partial charge >= 0.3 is 0 Å². The van der Waals surface area contributed by atoms with Crippen LogP contribution in [0, 0.1) is 6.92 Å². The van der Waals surface area contributed by atoms with Crippen LogP contribution in [0.25, 0.3) is 6.08 Å². The average molecular weight is 321 g/mol. The summed E-state index contributed by atoms with van der Waals surface area (Å²) in [5, 5.41) is 7.26. The van der Waals surface area contributed by atoms with E-state index >= 15 is 0 Å². The van der Waals surface area contributed by atoms with E-state index in [9.17, 15) is 4.79 Å². The van der Waals surface area contributed by atoms with Gasteiger partial charge in [-0.1, -0.05) is 54.1 Å². The Hall–Kier alpha value is -2.88. The highest BCUT2D eigenvalue weighted by Gasteiger charge is 2.11. The molecule has 0 radical (unpaired) electrons. The summed E-state index contributed by atoms with van der Waals surface area (Å²) < 4.78 is 0. The number of hydrogen-bond acceptors (Lipinski definition) is 3. The predicted octanol–water partition coefficient (Wildman–Crippen LogP) is 4.00. The maximum absolute atomic E-state index is 12.1. The van der Waals surface area contributed by atoms with Crippen LogP contribution >= 0.6 is 0 Å². The summed E-state index contributed by atoms with van der Waals surface area (Å²) in [5.41, 5.74) is 6.50. The molecule has 0 unspecified atom stereocenters. The molecule has 0 aromatic heterocycles. The Morgan fingerprint density at radius 1 is 1.08 bits per heavy atom. The van der Waals surface area contributed by atoms with Crippen molar-refractivity contribution in [2.75, 3.05) is 5.32 Å². The first-order valence-electron chi connectivity index (χ1n) is 7.95. The van der Waals surface area contributed by atoms with Crippen molar-refractivity contribution in [3.05, 3.63) is 71.8 Å².